The van der Waals surface area contributed by atoms with E-state index in [0.717, 1.165) is 11.3 Å². The third-order valence-electron chi connectivity index (χ3n) is 3.99. The van der Waals surface area contributed by atoms with Crippen molar-refractivity contribution in [2.75, 3.05) is 5.32 Å². The molecule has 0 aliphatic carbocycles. The molecular weight excluding hydrogens is 384 g/mol. The van der Waals surface area contributed by atoms with Crippen molar-refractivity contribution in [3.05, 3.63) is 75.0 Å². The molecule has 0 atom stereocenters. The Labute approximate surface area is 162 Å². The van der Waals surface area contributed by atoms with Crippen molar-refractivity contribution < 1.29 is 4.79 Å². The minimum Gasteiger partial charge on any atom is -0.302 e. The molecule has 4 rings (SSSR count). The average molecular weight is 397 g/mol. The van der Waals surface area contributed by atoms with Gasteiger partial charge in [0.1, 0.15) is 0 Å². The number of anilines is 1. The molecule has 0 aliphatic rings. The number of fused-ring (bicyclic) bond motifs is 1. The largest absolute Gasteiger partial charge is 0.302 e. The van der Waals surface area contributed by atoms with Crippen LogP contribution in [0.25, 0.3) is 22.0 Å². The first-order valence-electron chi connectivity index (χ1n) is 8.08. The van der Waals surface area contributed by atoms with Crippen LogP contribution in [0, 0.1) is 0 Å². The quantitative estimate of drug-likeness (QED) is 0.548. The number of nitrogens with one attached hydrogen (secondary N) is 2. The summed E-state index contributed by atoms with van der Waals surface area (Å²) in [6.07, 6.45) is 0.0349. The number of amides is 1. The van der Waals surface area contributed by atoms with Crippen molar-refractivity contribution in [3.63, 3.8) is 0 Å². The minimum absolute atomic E-state index is 0.0349. The Kier molecular flexibility index (Phi) is 4.70. The van der Waals surface area contributed by atoms with Crippen LogP contribution in [0.2, 0.25) is 5.02 Å². The molecule has 8 heteroatoms. The zero-order chi connectivity index (χ0) is 18.8. The lowest BCUT2D eigenvalue weighted by atomic mass is 10.1. The lowest BCUT2D eigenvalue weighted by molar-refractivity contribution is -0.115. The predicted octanol–water partition coefficient (Wildman–Crippen LogP) is 3.88. The highest BCUT2D eigenvalue weighted by Crippen LogP contribution is 2.26. The topological polar surface area (TPSA) is 87.7 Å². The maximum Gasteiger partial charge on any atom is 0.272 e. The third kappa shape index (κ3) is 3.74. The number of halogens is 1. The van der Waals surface area contributed by atoms with Crippen LogP contribution in [0.15, 0.2) is 58.7 Å². The second-order valence-electron chi connectivity index (χ2n) is 5.81. The molecule has 2 aromatic heterocycles. The van der Waals surface area contributed by atoms with E-state index in [4.69, 9.17) is 11.6 Å². The lowest BCUT2D eigenvalue weighted by Crippen LogP contribution is -2.18. The van der Waals surface area contributed by atoms with Crippen LogP contribution in [0.3, 0.4) is 0 Å². The van der Waals surface area contributed by atoms with E-state index in [-0.39, 0.29) is 17.9 Å². The van der Waals surface area contributed by atoms with E-state index < -0.39 is 0 Å². The van der Waals surface area contributed by atoms with E-state index in [1.54, 1.807) is 30.3 Å². The summed E-state index contributed by atoms with van der Waals surface area (Å²) in [5.74, 6) is -0.253. The molecule has 2 heterocycles. The molecule has 1 amide bonds. The molecule has 2 aromatic carbocycles. The number of hydrogen-bond acceptors (Lipinski definition) is 5. The molecule has 0 unspecified atom stereocenters. The van der Waals surface area contributed by atoms with E-state index in [9.17, 15) is 9.59 Å². The molecule has 134 valence electrons. The number of aromatic nitrogens is 3. The van der Waals surface area contributed by atoms with Gasteiger partial charge in [0.25, 0.3) is 5.56 Å². The fraction of sp³-hybridized carbons (Fsp3) is 0.0526. The SMILES string of the molecule is O=C(Cc1n[nH]c(=O)c2ccccc12)Nc1nc(-c2ccc(Cl)cc2)cs1. The summed E-state index contributed by atoms with van der Waals surface area (Å²) < 4.78 is 0. The molecule has 0 saturated heterocycles. The molecule has 0 radical (unpaired) electrons. The van der Waals surface area contributed by atoms with Gasteiger partial charge in [-0.15, -0.1) is 11.3 Å². The average Bonchev–Trinajstić information content (AvgIpc) is 3.13. The number of hydrogen-bond donors (Lipinski definition) is 2. The maximum absolute atomic E-state index is 12.4. The molecule has 0 spiro atoms. The Morgan fingerprint density at radius 1 is 1.11 bits per heavy atom. The molecule has 0 bridgehead atoms. The van der Waals surface area contributed by atoms with Crippen molar-refractivity contribution in [2.45, 2.75) is 6.42 Å². The zero-order valence-electron chi connectivity index (χ0n) is 13.9. The summed E-state index contributed by atoms with van der Waals surface area (Å²) >= 11 is 7.24. The van der Waals surface area contributed by atoms with Crippen LogP contribution in [0.1, 0.15) is 5.69 Å². The van der Waals surface area contributed by atoms with Crippen LogP contribution < -0.4 is 10.9 Å². The molecule has 6 nitrogen and oxygen atoms in total. The van der Waals surface area contributed by atoms with Crippen LogP contribution in [0.5, 0.6) is 0 Å². The number of thiazole rings is 1. The van der Waals surface area contributed by atoms with Crippen LogP contribution in [-0.2, 0) is 11.2 Å². The molecule has 2 N–H and O–H groups in total. The number of benzene rings is 2. The van der Waals surface area contributed by atoms with Gasteiger partial charge in [-0.05, 0) is 18.2 Å². The van der Waals surface area contributed by atoms with E-state index in [0.29, 0.717) is 26.6 Å². The first kappa shape index (κ1) is 17.4. The smallest absolute Gasteiger partial charge is 0.272 e. The molecule has 4 aromatic rings. The van der Waals surface area contributed by atoms with Gasteiger partial charge in [0.05, 0.1) is 23.2 Å². The summed E-state index contributed by atoms with van der Waals surface area (Å²) in [4.78, 5) is 28.7. The zero-order valence-corrected chi connectivity index (χ0v) is 15.5. The number of carbonyl (C=O) groups is 1. The highest BCUT2D eigenvalue weighted by molar-refractivity contribution is 7.14. The second kappa shape index (κ2) is 7.30. The van der Waals surface area contributed by atoms with Crippen molar-refractivity contribution in [1.29, 1.82) is 0 Å². The molecular formula is C19H13ClN4O2S. The number of H-pyrrole nitrogens is 1. The Hall–Kier alpha value is -3.03. The summed E-state index contributed by atoms with van der Waals surface area (Å²) in [7, 11) is 0. The Bertz CT molecular complexity index is 1180. The third-order valence-corrected chi connectivity index (χ3v) is 5.00. The van der Waals surface area contributed by atoms with E-state index in [2.05, 4.69) is 20.5 Å². The van der Waals surface area contributed by atoms with Crippen molar-refractivity contribution in [3.8, 4) is 11.3 Å². The molecule has 0 fully saturated rings. The number of nitrogens with zero attached hydrogens (tertiary/aromatic N) is 2. The first-order chi connectivity index (χ1) is 13.1. The number of rotatable bonds is 4. The lowest BCUT2D eigenvalue weighted by Gasteiger charge is -2.04. The monoisotopic (exact) mass is 396 g/mol. The summed E-state index contributed by atoms with van der Waals surface area (Å²) in [6.45, 7) is 0. The highest BCUT2D eigenvalue weighted by atomic mass is 35.5. The molecule has 0 aliphatic heterocycles. The predicted molar refractivity (Wildman–Crippen MR) is 107 cm³/mol. The standard InChI is InChI=1S/C19H13ClN4O2S/c20-12-7-5-11(6-8-12)16-10-27-19(21-16)22-17(25)9-15-13-3-1-2-4-14(13)18(26)24-23-15/h1-8,10H,9H2,(H,24,26)(H,21,22,25). The van der Waals surface area contributed by atoms with Gasteiger partial charge >= 0.3 is 0 Å². The van der Waals surface area contributed by atoms with Crippen LogP contribution in [0.4, 0.5) is 5.13 Å². The summed E-state index contributed by atoms with van der Waals surface area (Å²) in [5, 5.41) is 13.4. The highest BCUT2D eigenvalue weighted by Gasteiger charge is 2.13. The minimum atomic E-state index is -0.276. The second-order valence-corrected chi connectivity index (χ2v) is 7.11. The van der Waals surface area contributed by atoms with Gasteiger partial charge < -0.3 is 5.32 Å². The van der Waals surface area contributed by atoms with Crippen molar-refractivity contribution in [2.24, 2.45) is 0 Å². The van der Waals surface area contributed by atoms with Crippen LogP contribution >= 0.6 is 22.9 Å². The Morgan fingerprint density at radius 3 is 2.63 bits per heavy atom. The number of aromatic amines is 1. The molecule has 0 saturated carbocycles. The maximum atomic E-state index is 12.4. The fourth-order valence-corrected chi connectivity index (χ4v) is 3.57. The van der Waals surface area contributed by atoms with Crippen molar-refractivity contribution >= 4 is 44.7 Å². The van der Waals surface area contributed by atoms with Gasteiger partial charge in [0, 0.05) is 21.4 Å². The van der Waals surface area contributed by atoms with Gasteiger partial charge in [-0.1, -0.05) is 41.9 Å². The van der Waals surface area contributed by atoms with Gasteiger partial charge in [-0.3, -0.25) is 9.59 Å². The Morgan fingerprint density at radius 2 is 1.85 bits per heavy atom. The van der Waals surface area contributed by atoms with Gasteiger partial charge in [-0.25, -0.2) is 10.1 Å². The summed E-state index contributed by atoms with van der Waals surface area (Å²) in [6, 6.07) is 14.4. The van der Waals surface area contributed by atoms with Gasteiger partial charge in [0.15, 0.2) is 5.13 Å². The molecule has 27 heavy (non-hydrogen) atoms. The summed E-state index contributed by atoms with van der Waals surface area (Å²) in [5.41, 5.74) is 1.92. The normalized spacial score (nSPS) is 10.9. The first-order valence-corrected chi connectivity index (χ1v) is 9.33. The Balaban J connectivity index is 1.52. The number of carbonyl (C=O) groups excluding carboxylic acids is 1. The van der Waals surface area contributed by atoms with E-state index in [1.807, 2.05) is 23.6 Å². The fourth-order valence-electron chi connectivity index (χ4n) is 2.71. The van der Waals surface area contributed by atoms with Crippen LogP contribution in [-0.4, -0.2) is 21.1 Å². The van der Waals surface area contributed by atoms with E-state index in [1.165, 1.54) is 11.3 Å². The van der Waals surface area contributed by atoms with Gasteiger partial charge in [0.2, 0.25) is 5.91 Å². The van der Waals surface area contributed by atoms with Crippen molar-refractivity contribution in [1.82, 2.24) is 15.2 Å². The van der Waals surface area contributed by atoms with Gasteiger partial charge in [-0.2, -0.15) is 5.10 Å². The van der Waals surface area contributed by atoms with E-state index >= 15 is 0 Å².